The maximum Gasteiger partial charge on any atom is 0.179 e. The zero-order valence-electron chi connectivity index (χ0n) is 11.9. The minimum absolute atomic E-state index is 0.0348. The van der Waals surface area contributed by atoms with Crippen molar-refractivity contribution in [2.45, 2.75) is 45.4 Å². The van der Waals surface area contributed by atoms with Gasteiger partial charge in [0.25, 0.3) is 0 Å². The van der Waals surface area contributed by atoms with E-state index in [0.29, 0.717) is 17.8 Å². The first-order valence-corrected chi connectivity index (χ1v) is 7.68. The Morgan fingerprint density at radius 3 is 2.70 bits per heavy atom. The minimum atomic E-state index is 0.0348. The molecule has 5 heteroatoms. The van der Waals surface area contributed by atoms with Crippen molar-refractivity contribution in [3.63, 3.8) is 0 Å². The Morgan fingerprint density at radius 1 is 1.20 bits per heavy atom. The smallest absolute Gasteiger partial charge is 0.179 e. The van der Waals surface area contributed by atoms with Crippen LogP contribution >= 0.6 is 11.3 Å². The fraction of sp³-hybridized carbons (Fsp3) is 0.467. The number of ketones is 1. The number of carbonyl (C=O) groups is 1. The molecule has 20 heavy (non-hydrogen) atoms. The third-order valence-electron chi connectivity index (χ3n) is 3.36. The van der Waals surface area contributed by atoms with Crippen LogP contribution in [0.1, 0.15) is 54.7 Å². The monoisotopic (exact) mass is 287 g/mol. The topological polar surface area (TPSA) is 55.7 Å². The molecule has 1 aliphatic rings. The standard InChI is InChI=1S/C15H17N3OS/c1-15(2,3)14-18-11(8-20-14)13-16-7-9-10(17-13)5-4-6-12(9)19/h7-8H,4-6H2,1-3H3. The molecule has 0 aliphatic heterocycles. The molecule has 104 valence electrons. The Morgan fingerprint density at radius 2 is 2.00 bits per heavy atom. The SMILES string of the molecule is CC(C)(C)c1nc(-c2ncc3c(n2)CCCC3=O)cs1. The lowest BCUT2D eigenvalue weighted by Crippen LogP contribution is -2.14. The lowest BCUT2D eigenvalue weighted by atomic mass is 9.96. The number of hydrogen-bond acceptors (Lipinski definition) is 5. The third-order valence-corrected chi connectivity index (χ3v) is 4.63. The van der Waals surface area contributed by atoms with E-state index in [-0.39, 0.29) is 11.2 Å². The molecule has 2 heterocycles. The van der Waals surface area contributed by atoms with E-state index in [4.69, 9.17) is 0 Å². The molecule has 0 spiro atoms. The maximum absolute atomic E-state index is 11.8. The summed E-state index contributed by atoms with van der Waals surface area (Å²) in [6.45, 7) is 6.42. The summed E-state index contributed by atoms with van der Waals surface area (Å²) in [5, 5.41) is 3.07. The summed E-state index contributed by atoms with van der Waals surface area (Å²) in [6.07, 6.45) is 4.01. The van der Waals surface area contributed by atoms with Crippen LogP contribution in [0.25, 0.3) is 11.5 Å². The lowest BCUT2D eigenvalue weighted by Gasteiger charge is -2.14. The number of nitrogens with zero attached hydrogens (tertiary/aromatic N) is 3. The van der Waals surface area contributed by atoms with Crippen LogP contribution in [0.5, 0.6) is 0 Å². The summed E-state index contributed by atoms with van der Waals surface area (Å²) < 4.78 is 0. The lowest BCUT2D eigenvalue weighted by molar-refractivity contribution is 0.0971. The van der Waals surface area contributed by atoms with E-state index in [9.17, 15) is 4.79 Å². The van der Waals surface area contributed by atoms with Gasteiger partial charge in [-0.3, -0.25) is 4.79 Å². The van der Waals surface area contributed by atoms with E-state index in [1.165, 1.54) is 0 Å². The summed E-state index contributed by atoms with van der Waals surface area (Å²) in [4.78, 5) is 25.3. The fourth-order valence-corrected chi connectivity index (χ4v) is 3.12. The highest BCUT2D eigenvalue weighted by molar-refractivity contribution is 7.10. The van der Waals surface area contributed by atoms with Crippen molar-refractivity contribution in [3.05, 3.63) is 27.8 Å². The Hall–Kier alpha value is -1.62. The molecule has 0 bridgehead atoms. The van der Waals surface area contributed by atoms with Crippen LogP contribution < -0.4 is 0 Å². The van der Waals surface area contributed by atoms with Crippen LogP contribution in [0.2, 0.25) is 0 Å². The molecule has 0 saturated carbocycles. The van der Waals surface area contributed by atoms with E-state index < -0.39 is 0 Å². The van der Waals surface area contributed by atoms with E-state index in [2.05, 4.69) is 35.7 Å². The highest BCUT2D eigenvalue weighted by Crippen LogP contribution is 2.29. The van der Waals surface area contributed by atoms with E-state index in [0.717, 1.165) is 29.2 Å². The van der Waals surface area contributed by atoms with E-state index in [1.807, 2.05) is 5.38 Å². The highest BCUT2D eigenvalue weighted by Gasteiger charge is 2.22. The molecular formula is C15H17N3OS. The largest absolute Gasteiger partial charge is 0.294 e. The number of hydrogen-bond donors (Lipinski definition) is 0. The van der Waals surface area contributed by atoms with Crippen molar-refractivity contribution in [2.24, 2.45) is 0 Å². The molecule has 0 amide bonds. The number of Topliss-reactive ketones (excluding diaryl/α,β-unsaturated/α-hetero) is 1. The summed E-state index contributed by atoms with van der Waals surface area (Å²) in [6, 6.07) is 0. The molecule has 1 aliphatic carbocycles. The molecule has 4 nitrogen and oxygen atoms in total. The van der Waals surface area contributed by atoms with Crippen LogP contribution in [0.3, 0.4) is 0 Å². The van der Waals surface area contributed by atoms with Gasteiger partial charge in [0.05, 0.1) is 16.3 Å². The Bertz CT molecular complexity index is 670. The van der Waals surface area contributed by atoms with E-state index in [1.54, 1.807) is 17.5 Å². The Labute approximate surface area is 122 Å². The van der Waals surface area contributed by atoms with Gasteiger partial charge in [-0.1, -0.05) is 20.8 Å². The van der Waals surface area contributed by atoms with Crippen molar-refractivity contribution in [3.8, 4) is 11.5 Å². The highest BCUT2D eigenvalue weighted by atomic mass is 32.1. The van der Waals surface area contributed by atoms with Gasteiger partial charge in [0, 0.05) is 23.4 Å². The third kappa shape index (κ3) is 2.38. The van der Waals surface area contributed by atoms with Gasteiger partial charge in [0.2, 0.25) is 0 Å². The molecule has 0 aromatic carbocycles. The predicted molar refractivity (Wildman–Crippen MR) is 79.1 cm³/mol. The zero-order valence-corrected chi connectivity index (χ0v) is 12.8. The average Bonchev–Trinajstić information content (AvgIpc) is 2.88. The predicted octanol–water partition coefficient (Wildman–Crippen LogP) is 3.42. The summed E-state index contributed by atoms with van der Waals surface area (Å²) in [5.41, 5.74) is 2.40. The van der Waals surface area contributed by atoms with Gasteiger partial charge in [-0.2, -0.15) is 0 Å². The number of aromatic nitrogens is 3. The second-order valence-electron chi connectivity index (χ2n) is 6.12. The molecule has 0 N–H and O–H groups in total. The van der Waals surface area contributed by atoms with Crippen LogP contribution in [0.15, 0.2) is 11.6 Å². The summed E-state index contributed by atoms with van der Waals surface area (Å²) >= 11 is 1.63. The van der Waals surface area contributed by atoms with Crippen LogP contribution in [0.4, 0.5) is 0 Å². The fourth-order valence-electron chi connectivity index (χ4n) is 2.24. The number of fused-ring (bicyclic) bond motifs is 1. The Kier molecular flexibility index (Phi) is 3.17. The maximum atomic E-state index is 11.8. The molecule has 0 fully saturated rings. The van der Waals surface area contributed by atoms with Crippen molar-refractivity contribution < 1.29 is 4.79 Å². The molecular weight excluding hydrogens is 270 g/mol. The molecule has 0 atom stereocenters. The van der Waals surface area contributed by atoms with Gasteiger partial charge in [0.15, 0.2) is 11.6 Å². The van der Waals surface area contributed by atoms with Crippen molar-refractivity contribution >= 4 is 17.1 Å². The van der Waals surface area contributed by atoms with Crippen molar-refractivity contribution in [2.75, 3.05) is 0 Å². The first-order valence-electron chi connectivity index (χ1n) is 6.80. The van der Waals surface area contributed by atoms with Gasteiger partial charge >= 0.3 is 0 Å². The molecule has 2 aromatic heterocycles. The van der Waals surface area contributed by atoms with Gasteiger partial charge in [-0.15, -0.1) is 11.3 Å². The molecule has 3 rings (SSSR count). The molecule has 0 radical (unpaired) electrons. The number of aryl methyl sites for hydroxylation is 1. The average molecular weight is 287 g/mol. The van der Waals surface area contributed by atoms with Crippen LogP contribution in [-0.4, -0.2) is 20.7 Å². The van der Waals surface area contributed by atoms with Crippen LogP contribution in [0, 0.1) is 0 Å². The number of carbonyl (C=O) groups excluding carboxylic acids is 1. The van der Waals surface area contributed by atoms with Gasteiger partial charge in [0.1, 0.15) is 5.69 Å². The van der Waals surface area contributed by atoms with Crippen LogP contribution in [-0.2, 0) is 11.8 Å². The second kappa shape index (κ2) is 4.74. The molecule has 2 aromatic rings. The van der Waals surface area contributed by atoms with Crippen molar-refractivity contribution in [1.29, 1.82) is 0 Å². The first-order chi connectivity index (χ1) is 9.45. The van der Waals surface area contributed by atoms with Gasteiger partial charge in [-0.05, 0) is 12.8 Å². The normalized spacial score (nSPS) is 15.2. The molecule has 0 saturated heterocycles. The van der Waals surface area contributed by atoms with Crippen molar-refractivity contribution in [1.82, 2.24) is 15.0 Å². The number of rotatable bonds is 1. The number of thiazole rings is 1. The Balaban J connectivity index is 1.99. The second-order valence-corrected chi connectivity index (χ2v) is 6.98. The van der Waals surface area contributed by atoms with E-state index >= 15 is 0 Å². The molecule has 0 unspecified atom stereocenters. The zero-order chi connectivity index (χ0) is 14.3. The summed E-state index contributed by atoms with van der Waals surface area (Å²) in [7, 11) is 0. The minimum Gasteiger partial charge on any atom is -0.294 e. The summed E-state index contributed by atoms with van der Waals surface area (Å²) in [5.74, 6) is 0.789. The van der Waals surface area contributed by atoms with Gasteiger partial charge in [-0.25, -0.2) is 15.0 Å². The van der Waals surface area contributed by atoms with Gasteiger partial charge < -0.3 is 0 Å². The first kappa shape index (κ1) is 13.4. The quantitative estimate of drug-likeness (QED) is 0.806.